The number of carbonyl (C=O) groups is 1. The number of alkyl halides is 2. The van der Waals surface area contributed by atoms with Crippen molar-refractivity contribution in [1.82, 2.24) is 4.98 Å². The monoisotopic (exact) mass is 265 g/mol. The molecular formula is C8H6BrF2NO2. The molecule has 0 aliphatic heterocycles. The minimum absolute atomic E-state index is 0.0396. The summed E-state index contributed by atoms with van der Waals surface area (Å²) in [5.41, 5.74) is -0.542. The molecule has 0 radical (unpaired) electrons. The first-order valence-corrected chi connectivity index (χ1v) is 4.37. The molecule has 0 saturated heterocycles. The standard InChI is InChI=1S/C8H6BrF2NO2/c1-14-6-2-4(8(10)11)5(3-13)7(9)12-6/h2-3,8H,1H3. The Kier molecular flexibility index (Phi) is 3.51. The zero-order valence-electron chi connectivity index (χ0n) is 7.13. The van der Waals surface area contributed by atoms with E-state index in [1.165, 1.54) is 7.11 Å². The third kappa shape index (κ3) is 2.06. The van der Waals surface area contributed by atoms with Crippen molar-refractivity contribution in [1.29, 1.82) is 0 Å². The number of ether oxygens (including phenoxy) is 1. The summed E-state index contributed by atoms with van der Waals surface area (Å²) in [7, 11) is 1.31. The van der Waals surface area contributed by atoms with E-state index in [1.54, 1.807) is 0 Å². The predicted molar refractivity (Wildman–Crippen MR) is 48.8 cm³/mol. The van der Waals surface area contributed by atoms with Crippen LogP contribution in [-0.4, -0.2) is 18.4 Å². The fourth-order valence-electron chi connectivity index (χ4n) is 0.921. The molecule has 76 valence electrons. The van der Waals surface area contributed by atoms with Gasteiger partial charge in [-0.15, -0.1) is 0 Å². The van der Waals surface area contributed by atoms with Gasteiger partial charge in [0.1, 0.15) is 4.60 Å². The Morgan fingerprint density at radius 2 is 2.29 bits per heavy atom. The predicted octanol–water partition coefficient (Wildman–Crippen LogP) is 2.60. The minimum atomic E-state index is -2.73. The first-order chi connectivity index (χ1) is 6.60. The average Bonchev–Trinajstić information content (AvgIpc) is 2.16. The molecule has 1 aromatic heterocycles. The maximum Gasteiger partial charge on any atom is 0.264 e. The van der Waals surface area contributed by atoms with Crippen LogP contribution in [0.2, 0.25) is 0 Å². The topological polar surface area (TPSA) is 39.2 Å². The van der Waals surface area contributed by atoms with E-state index in [1.807, 2.05) is 0 Å². The first-order valence-electron chi connectivity index (χ1n) is 3.58. The van der Waals surface area contributed by atoms with Crippen LogP contribution in [0.3, 0.4) is 0 Å². The summed E-state index contributed by atoms with van der Waals surface area (Å²) in [5.74, 6) is 0.0396. The fourth-order valence-corrected chi connectivity index (χ4v) is 1.42. The summed E-state index contributed by atoms with van der Waals surface area (Å²) in [6.45, 7) is 0. The molecule has 0 bridgehead atoms. The second-order valence-electron chi connectivity index (χ2n) is 2.38. The molecule has 0 atom stereocenters. The fraction of sp³-hybridized carbons (Fsp3) is 0.250. The summed E-state index contributed by atoms with van der Waals surface area (Å²) < 4.78 is 29.6. The minimum Gasteiger partial charge on any atom is -0.481 e. The van der Waals surface area contributed by atoms with Crippen molar-refractivity contribution in [3.05, 3.63) is 21.8 Å². The Morgan fingerprint density at radius 1 is 1.64 bits per heavy atom. The number of aldehydes is 1. The summed E-state index contributed by atoms with van der Waals surface area (Å²) in [6.07, 6.45) is -2.40. The van der Waals surface area contributed by atoms with Crippen molar-refractivity contribution >= 4 is 22.2 Å². The number of halogens is 3. The van der Waals surface area contributed by atoms with Crippen molar-refractivity contribution in [2.24, 2.45) is 0 Å². The smallest absolute Gasteiger partial charge is 0.264 e. The van der Waals surface area contributed by atoms with Gasteiger partial charge in [0.2, 0.25) is 5.88 Å². The first kappa shape index (κ1) is 11.0. The van der Waals surface area contributed by atoms with Crippen LogP contribution in [0.15, 0.2) is 10.7 Å². The lowest BCUT2D eigenvalue weighted by Crippen LogP contribution is -1.99. The van der Waals surface area contributed by atoms with Gasteiger partial charge in [0.15, 0.2) is 6.29 Å². The van der Waals surface area contributed by atoms with Crippen LogP contribution < -0.4 is 4.74 Å². The average molecular weight is 266 g/mol. The van der Waals surface area contributed by atoms with E-state index in [9.17, 15) is 13.6 Å². The molecule has 1 heterocycles. The van der Waals surface area contributed by atoms with Crippen molar-refractivity contribution in [2.75, 3.05) is 7.11 Å². The van der Waals surface area contributed by atoms with Gasteiger partial charge in [-0.2, -0.15) is 0 Å². The number of rotatable bonds is 3. The maximum absolute atomic E-state index is 12.4. The highest BCUT2D eigenvalue weighted by Crippen LogP contribution is 2.29. The van der Waals surface area contributed by atoms with Gasteiger partial charge in [-0.3, -0.25) is 4.79 Å². The molecule has 1 rings (SSSR count). The van der Waals surface area contributed by atoms with Gasteiger partial charge < -0.3 is 4.74 Å². The van der Waals surface area contributed by atoms with E-state index in [-0.39, 0.29) is 16.0 Å². The van der Waals surface area contributed by atoms with Crippen LogP contribution in [0.4, 0.5) is 8.78 Å². The Morgan fingerprint density at radius 3 is 2.71 bits per heavy atom. The van der Waals surface area contributed by atoms with E-state index in [2.05, 4.69) is 20.9 Å². The molecule has 0 N–H and O–H groups in total. The van der Waals surface area contributed by atoms with Crippen molar-refractivity contribution in [2.45, 2.75) is 6.43 Å². The van der Waals surface area contributed by atoms with Gasteiger partial charge in [-0.25, -0.2) is 13.8 Å². The second-order valence-corrected chi connectivity index (χ2v) is 3.13. The van der Waals surface area contributed by atoms with Crippen LogP contribution in [0.1, 0.15) is 22.3 Å². The van der Waals surface area contributed by atoms with Gasteiger partial charge in [0.05, 0.1) is 12.7 Å². The molecule has 0 unspecified atom stereocenters. The van der Waals surface area contributed by atoms with Gasteiger partial charge in [0, 0.05) is 11.6 Å². The lowest BCUT2D eigenvalue weighted by molar-refractivity contribution is 0.110. The molecule has 3 nitrogen and oxygen atoms in total. The lowest BCUT2D eigenvalue weighted by Gasteiger charge is -2.07. The third-order valence-electron chi connectivity index (χ3n) is 1.58. The van der Waals surface area contributed by atoms with Crippen LogP contribution in [0.5, 0.6) is 5.88 Å². The number of hydrogen-bond acceptors (Lipinski definition) is 3. The Labute approximate surface area is 87.2 Å². The molecule has 0 aliphatic carbocycles. The van der Waals surface area contributed by atoms with Gasteiger partial charge in [-0.05, 0) is 15.9 Å². The van der Waals surface area contributed by atoms with Crippen LogP contribution in [0, 0.1) is 0 Å². The largest absolute Gasteiger partial charge is 0.481 e. The normalized spacial score (nSPS) is 10.4. The molecular weight excluding hydrogens is 260 g/mol. The molecule has 0 aliphatic rings. The zero-order chi connectivity index (χ0) is 10.7. The number of methoxy groups -OCH3 is 1. The number of carbonyl (C=O) groups excluding carboxylic acids is 1. The third-order valence-corrected chi connectivity index (χ3v) is 2.19. The zero-order valence-corrected chi connectivity index (χ0v) is 8.72. The van der Waals surface area contributed by atoms with E-state index in [0.29, 0.717) is 6.29 Å². The van der Waals surface area contributed by atoms with Crippen LogP contribution in [-0.2, 0) is 0 Å². The van der Waals surface area contributed by atoms with Crippen LogP contribution in [0.25, 0.3) is 0 Å². The molecule has 0 aromatic carbocycles. The summed E-state index contributed by atoms with van der Waals surface area (Å²) in [5, 5.41) is 0. The van der Waals surface area contributed by atoms with Crippen molar-refractivity contribution < 1.29 is 18.3 Å². The maximum atomic E-state index is 12.4. The number of aromatic nitrogens is 1. The number of hydrogen-bond donors (Lipinski definition) is 0. The Bertz CT molecular complexity index is 357. The Balaban J connectivity index is 3.35. The van der Waals surface area contributed by atoms with Gasteiger partial charge in [-0.1, -0.05) is 0 Å². The second kappa shape index (κ2) is 4.45. The molecule has 1 aromatic rings. The molecule has 0 amide bonds. The quantitative estimate of drug-likeness (QED) is 0.623. The number of nitrogens with zero attached hydrogens (tertiary/aromatic N) is 1. The van der Waals surface area contributed by atoms with E-state index in [4.69, 9.17) is 4.74 Å². The van der Waals surface area contributed by atoms with Crippen LogP contribution >= 0.6 is 15.9 Å². The molecule has 0 fully saturated rings. The van der Waals surface area contributed by atoms with E-state index < -0.39 is 12.0 Å². The van der Waals surface area contributed by atoms with Crippen molar-refractivity contribution in [3.63, 3.8) is 0 Å². The van der Waals surface area contributed by atoms with E-state index in [0.717, 1.165) is 6.07 Å². The van der Waals surface area contributed by atoms with E-state index >= 15 is 0 Å². The highest BCUT2D eigenvalue weighted by molar-refractivity contribution is 9.10. The SMILES string of the molecule is COc1cc(C(F)F)c(C=O)c(Br)n1. The lowest BCUT2D eigenvalue weighted by atomic mass is 10.1. The number of pyridine rings is 1. The van der Waals surface area contributed by atoms with Gasteiger partial charge >= 0.3 is 0 Å². The van der Waals surface area contributed by atoms with Gasteiger partial charge in [0.25, 0.3) is 6.43 Å². The summed E-state index contributed by atoms with van der Waals surface area (Å²) in [4.78, 5) is 14.2. The molecule has 0 saturated carbocycles. The Hall–Kier alpha value is -1.04. The summed E-state index contributed by atoms with van der Waals surface area (Å²) in [6, 6.07) is 1.04. The highest BCUT2D eigenvalue weighted by atomic mass is 79.9. The summed E-state index contributed by atoms with van der Waals surface area (Å²) >= 11 is 2.91. The van der Waals surface area contributed by atoms with Crippen molar-refractivity contribution in [3.8, 4) is 5.88 Å². The molecule has 0 spiro atoms. The molecule has 14 heavy (non-hydrogen) atoms. The molecule has 6 heteroatoms. The highest BCUT2D eigenvalue weighted by Gasteiger charge is 2.17.